The second kappa shape index (κ2) is 5.93. The third-order valence-electron chi connectivity index (χ3n) is 1.02. The molecule has 0 aliphatic rings. The second-order valence-electron chi connectivity index (χ2n) is 2.01. The summed E-state index contributed by atoms with van der Waals surface area (Å²) in [5, 5.41) is 0. The van der Waals surface area contributed by atoms with Gasteiger partial charge >= 0.3 is 17.9 Å². The second-order valence-corrected chi connectivity index (χ2v) is 2.01. The van der Waals surface area contributed by atoms with E-state index >= 15 is 0 Å². The summed E-state index contributed by atoms with van der Waals surface area (Å²) in [6.45, 7) is 4.13. The van der Waals surface area contributed by atoms with Crippen LogP contribution in [-0.4, -0.2) is 24.5 Å². The zero-order valence-corrected chi connectivity index (χ0v) is 7.24. The lowest BCUT2D eigenvalue weighted by atomic mass is 10.5. The zero-order valence-electron chi connectivity index (χ0n) is 7.24. The van der Waals surface area contributed by atoms with Gasteiger partial charge in [-0.1, -0.05) is 13.5 Å². The molecule has 72 valence electrons. The lowest BCUT2D eigenvalue weighted by Crippen LogP contribution is -2.18. The van der Waals surface area contributed by atoms with Crippen LogP contribution in [-0.2, 0) is 23.9 Å². The Bertz CT molecular complexity index is 231. The average molecular weight is 186 g/mol. The third kappa shape index (κ3) is 5.60. The summed E-state index contributed by atoms with van der Waals surface area (Å²) in [7, 11) is 0. The number of carbonyl (C=O) groups is 3. The van der Waals surface area contributed by atoms with E-state index in [0.717, 1.165) is 6.08 Å². The predicted molar refractivity (Wildman–Crippen MR) is 42.5 cm³/mol. The van der Waals surface area contributed by atoms with Gasteiger partial charge in [-0.2, -0.15) is 0 Å². The maximum atomic E-state index is 10.7. The molecule has 0 aromatic heterocycles. The van der Waals surface area contributed by atoms with Crippen molar-refractivity contribution in [3.63, 3.8) is 0 Å². The smallest absolute Gasteiger partial charge is 0.352 e. The summed E-state index contributed by atoms with van der Waals surface area (Å²) < 4.78 is 8.52. The van der Waals surface area contributed by atoms with Crippen LogP contribution in [0.25, 0.3) is 0 Å². The van der Waals surface area contributed by atoms with Crippen molar-refractivity contribution in [3.05, 3.63) is 12.7 Å². The molecule has 0 unspecified atom stereocenters. The normalized spacial score (nSPS) is 8.69. The van der Waals surface area contributed by atoms with Gasteiger partial charge in [0.25, 0.3) is 0 Å². The fourth-order valence-electron chi connectivity index (χ4n) is 0.425. The van der Waals surface area contributed by atoms with Gasteiger partial charge in [0.05, 0.1) is 0 Å². The Hall–Kier alpha value is -1.65. The molecule has 13 heavy (non-hydrogen) atoms. The summed E-state index contributed by atoms with van der Waals surface area (Å²) in [4.78, 5) is 31.6. The highest BCUT2D eigenvalue weighted by atomic mass is 16.6. The first-order valence-electron chi connectivity index (χ1n) is 3.62. The van der Waals surface area contributed by atoms with E-state index in [9.17, 15) is 14.4 Å². The number of hydrogen-bond acceptors (Lipinski definition) is 5. The number of ether oxygens (including phenoxy) is 2. The molecule has 0 fully saturated rings. The maximum absolute atomic E-state index is 10.7. The Kier molecular flexibility index (Phi) is 5.18. The fourth-order valence-corrected chi connectivity index (χ4v) is 0.425. The first-order valence-corrected chi connectivity index (χ1v) is 3.62. The predicted octanol–water partition coefficient (Wildman–Crippen LogP) is 0.195. The molecule has 0 aromatic rings. The first-order chi connectivity index (χ1) is 6.10. The van der Waals surface area contributed by atoms with Crippen LogP contribution in [0.2, 0.25) is 0 Å². The van der Waals surface area contributed by atoms with Crippen LogP contribution < -0.4 is 0 Å². The zero-order chi connectivity index (χ0) is 10.3. The average Bonchev–Trinajstić information content (AvgIpc) is 2.13. The van der Waals surface area contributed by atoms with E-state index in [0.29, 0.717) is 0 Å². The van der Waals surface area contributed by atoms with E-state index in [1.807, 2.05) is 0 Å². The minimum absolute atomic E-state index is 0.169. The van der Waals surface area contributed by atoms with Crippen molar-refractivity contribution in [1.82, 2.24) is 0 Å². The summed E-state index contributed by atoms with van der Waals surface area (Å²) in [6, 6.07) is 0. The number of hydrogen-bond donors (Lipinski definition) is 0. The molecule has 0 aliphatic carbocycles. The monoisotopic (exact) mass is 186 g/mol. The van der Waals surface area contributed by atoms with Crippen molar-refractivity contribution >= 4 is 17.9 Å². The summed E-state index contributed by atoms with van der Waals surface area (Å²) in [5.74, 6) is -2.30. The van der Waals surface area contributed by atoms with Crippen molar-refractivity contribution < 1.29 is 23.9 Å². The van der Waals surface area contributed by atoms with Crippen LogP contribution >= 0.6 is 0 Å². The quantitative estimate of drug-likeness (QED) is 0.356. The summed E-state index contributed by atoms with van der Waals surface area (Å²) in [6.07, 6.45) is 1.02. The van der Waals surface area contributed by atoms with Crippen molar-refractivity contribution in [2.45, 2.75) is 13.3 Å². The van der Waals surface area contributed by atoms with E-state index in [-0.39, 0.29) is 6.42 Å². The van der Waals surface area contributed by atoms with E-state index in [1.165, 1.54) is 0 Å². The third-order valence-corrected chi connectivity index (χ3v) is 1.02. The van der Waals surface area contributed by atoms with Gasteiger partial charge in [0, 0.05) is 12.5 Å². The van der Waals surface area contributed by atoms with Crippen molar-refractivity contribution in [1.29, 1.82) is 0 Å². The molecular weight excluding hydrogens is 176 g/mol. The highest BCUT2D eigenvalue weighted by Crippen LogP contribution is 1.87. The summed E-state index contributed by atoms with van der Waals surface area (Å²) >= 11 is 0. The Morgan fingerprint density at radius 3 is 2.38 bits per heavy atom. The van der Waals surface area contributed by atoms with Crippen LogP contribution in [0.5, 0.6) is 0 Å². The molecule has 0 heterocycles. The van der Waals surface area contributed by atoms with E-state index in [2.05, 4.69) is 16.1 Å². The molecule has 0 atom stereocenters. The molecule has 5 nitrogen and oxygen atoms in total. The minimum Gasteiger partial charge on any atom is -0.454 e. The van der Waals surface area contributed by atoms with Gasteiger partial charge < -0.3 is 9.47 Å². The molecule has 0 rings (SSSR count). The fraction of sp³-hybridized carbons (Fsp3) is 0.375. The molecule has 0 saturated carbocycles. The molecular formula is C8H10O5. The number of esters is 3. The standard InChI is InChI=1S/C8H10O5/c1-3-6(9)12-5-8(11)13-7(10)4-2/h4H,2-3,5H2,1H3. The molecule has 0 aromatic carbocycles. The SMILES string of the molecule is C=CC(=O)OC(=O)COC(=O)CC. The number of rotatable bonds is 4. The van der Waals surface area contributed by atoms with Crippen LogP contribution in [0.15, 0.2) is 12.7 Å². The Morgan fingerprint density at radius 2 is 1.92 bits per heavy atom. The van der Waals surface area contributed by atoms with Crippen molar-refractivity contribution in [3.8, 4) is 0 Å². The Balaban J connectivity index is 3.69. The molecule has 0 bridgehead atoms. The van der Waals surface area contributed by atoms with Crippen LogP contribution in [0.4, 0.5) is 0 Å². The van der Waals surface area contributed by atoms with Crippen LogP contribution in [0.3, 0.4) is 0 Å². The number of carbonyl (C=O) groups excluding carboxylic acids is 3. The Labute approximate surface area is 75.3 Å². The summed E-state index contributed by atoms with van der Waals surface area (Å²) in [5.41, 5.74) is 0. The van der Waals surface area contributed by atoms with Crippen LogP contribution in [0, 0.1) is 0 Å². The van der Waals surface area contributed by atoms with Gasteiger partial charge in [-0.15, -0.1) is 0 Å². The lowest BCUT2D eigenvalue weighted by molar-refractivity contribution is -0.164. The Morgan fingerprint density at radius 1 is 1.31 bits per heavy atom. The van der Waals surface area contributed by atoms with E-state index in [1.54, 1.807) is 6.92 Å². The molecule has 5 heteroatoms. The van der Waals surface area contributed by atoms with Crippen LogP contribution in [0.1, 0.15) is 13.3 Å². The largest absolute Gasteiger partial charge is 0.454 e. The van der Waals surface area contributed by atoms with E-state index in [4.69, 9.17) is 0 Å². The minimum atomic E-state index is -0.910. The molecule has 0 saturated heterocycles. The van der Waals surface area contributed by atoms with Gasteiger partial charge in [-0.3, -0.25) is 4.79 Å². The lowest BCUT2D eigenvalue weighted by Gasteiger charge is -2.00. The molecule has 0 spiro atoms. The highest BCUT2D eigenvalue weighted by molar-refractivity contribution is 5.92. The molecule has 0 radical (unpaired) electrons. The van der Waals surface area contributed by atoms with Crippen molar-refractivity contribution in [2.24, 2.45) is 0 Å². The highest BCUT2D eigenvalue weighted by Gasteiger charge is 2.09. The maximum Gasteiger partial charge on any atom is 0.352 e. The molecule has 0 N–H and O–H groups in total. The molecule has 0 amide bonds. The molecule has 0 aliphatic heterocycles. The van der Waals surface area contributed by atoms with Gasteiger partial charge in [-0.25, -0.2) is 9.59 Å². The van der Waals surface area contributed by atoms with Gasteiger partial charge in [-0.05, 0) is 0 Å². The topological polar surface area (TPSA) is 69.7 Å². The van der Waals surface area contributed by atoms with Crippen molar-refractivity contribution in [2.75, 3.05) is 6.61 Å². The van der Waals surface area contributed by atoms with Gasteiger partial charge in [0.15, 0.2) is 6.61 Å². The van der Waals surface area contributed by atoms with Gasteiger partial charge in [0.1, 0.15) is 0 Å². The first kappa shape index (κ1) is 11.4. The van der Waals surface area contributed by atoms with E-state index < -0.39 is 24.5 Å². The van der Waals surface area contributed by atoms with Gasteiger partial charge in [0.2, 0.25) is 0 Å².